The summed E-state index contributed by atoms with van der Waals surface area (Å²) in [5.41, 5.74) is 1.03. The number of nitrogens with zero attached hydrogens (tertiary/aromatic N) is 1. The molecule has 0 aliphatic carbocycles. The van der Waals surface area contributed by atoms with Gasteiger partial charge in [-0.2, -0.15) is 0 Å². The SMILES string of the molecule is CC(C)C(=O)Nc1cccc(C(=O)N2CCC[C@H](C(=O)O)C2)c1. The van der Waals surface area contributed by atoms with Crippen LogP contribution in [0.3, 0.4) is 0 Å². The largest absolute Gasteiger partial charge is 0.481 e. The number of carboxylic acid groups (broad SMARTS) is 1. The molecule has 2 N–H and O–H groups in total. The summed E-state index contributed by atoms with van der Waals surface area (Å²) in [6.45, 7) is 4.39. The van der Waals surface area contributed by atoms with E-state index in [0.29, 0.717) is 30.6 Å². The lowest BCUT2D eigenvalue weighted by atomic mass is 9.97. The second-order valence-electron chi connectivity index (χ2n) is 6.15. The van der Waals surface area contributed by atoms with Gasteiger partial charge in [0.05, 0.1) is 5.92 Å². The molecule has 1 fully saturated rings. The summed E-state index contributed by atoms with van der Waals surface area (Å²) in [7, 11) is 0. The summed E-state index contributed by atoms with van der Waals surface area (Å²) < 4.78 is 0. The molecule has 0 bridgehead atoms. The first kappa shape index (κ1) is 17.0. The first-order chi connectivity index (χ1) is 10.9. The fourth-order valence-corrected chi connectivity index (χ4v) is 2.56. The lowest BCUT2D eigenvalue weighted by Gasteiger charge is -2.30. The Bertz CT molecular complexity index is 612. The van der Waals surface area contributed by atoms with Gasteiger partial charge in [-0.15, -0.1) is 0 Å². The number of hydrogen-bond acceptors (Lipinski definition) is 3. The minimum absolute atomic E-state index is 0.112. The van der Waals surface area contributed by atoms with Crippen LogP contribution in [-0.4, -0.2) is 40.9 Å². The molecule has 23 heavy (non-hydrogen) atoms. The Morgan fingerprint density at radius 1 is 1.30 bits per heavy atom. The maximum absolute atomic E-state index is 12.6. The minimum atomic E-state index is -0.861. The Labute approximate surface area is 135 Å². The Hall–Kier alpha value is -2.37. The standard InChI is InChI=1S/C17H22N2O4/c1-11(2)15(20)18-14-7-3-5-12(9-14)16(21)19-8-4-6-13(10-19)17(22)23/h3,5,7,9,11,13H,4,6,8,10H2,1-2H3,(H,18,20)(H,22,23)/t13-/m0/s1. The zero-order valence-electron chi connectivity index (χ0n) is 13.4. The van der Waals surface area contributed by atoms with Gasteiger partial charge in [0.25, 0.3) is 5.91 Å². The van der Waals surface area contributed by atoms with Gasteiger partial charge in [0.15, 0.2) is 0 Å². The van der Waals surface area contributed by atoms with Crippen LogP contribution < -0.4 is 5.32 Å². The fourth-order valence-electron chi connectivity index (χ4n) is 2.56. The van der Waals surface area contributed by atoms with Crippen molar-refractivity contribution in [1.29, 1.82) is 0 Å². The molecule has 0 aromatic heterocycles. The highest BCUT2D eigenvalue weighted by molar-refractivity contribution is 5.97. The number of anilines is 1. The van der Waals surface area contributed by atoms with Crippen LogP contribution in [0.25, 0.3) is 0 Å². The number of rotatable bonds is 4. The van der Waals surface area contributed by atoms with Crippen molar-refractivity contribution >= 4 is 23.5 Å². The second-order valence-corrected chi connectivity index (χ2v) is 6.15. The summed E-state index contributed by atoms with van der Waals surface area (Å²) in [6.07, 6.45) is 1.29. The van der Waals surface area contributed by atoms with E-state index in [4.69, 9.17) is 5.11 Å². The summed E-state index contributed by atoms with van der Waals surface area (Å²) in [5, 5.41) is 11.9. The molecule has 1 heterocycles. The lowest BCUT2D eigenvalue weighted by Crippen LogP contribution is -2.42. The molecule has 6 nitrogen and oxygen atoms in total. The number of benzene rings is 1. The first-order valence-corrected chi connectivity index (χ1v) is 7.81. The molecule has 1 aromatic carbocycles. The summed E-state index contributed by atoms with van der Waals surface area (Å²) >= 11 is 0. The monoisotopic (exact) mass is 318 g/mol. The zero-order valence-corrected chi connectivity index (χ0v) is 13.4. The van der Waals surface area contributed by atoms with Crippen molar-refractivity contribution in [3.05, 3.63) is 29.8 Å². The number of amides is 2. The minimum Gasteiger partial charge on any atom is -0.481 e. The average molecular weight is 318 g/mol. The van der Waals surface area contributed by atoms with Gasteiger partial charge < -0.3 is 15.3 Å². The maximum Gasteiger partial charge on any atom is 0.308 e. The summed E-state index contributed by atoms with van der Waals surface area (Å²) in [5.74, 6) is -1.82. The number of hydrogen-bond donors (Lipinski definition) is 2. The Balaban J connectivity index is 2.10. The van der Waals surface area contributed by atoms with Crippen LogP contribution in [0.4, 0.5) is 5.69 Å². The van der Waals surface area contributed by atoms with E-state index in [1.165, 1.54) is 0 Å². The van der Waals surface area contributed by atoms with Crippen LogP contribution in [0.5, 0.6) is 0 Å². The molecule has 0 radical (unpaired) electrons. The number of carbonyl (C=O) groups excluding carboxylic acids is 2. The highest BCUT2D eigenvalue weighted by Gasteiger charge is 2.28. The van der Waals surface area contributed by atoms with E-state index in [0.717, 1.165) is 0 Å². The molecule has 2 rings (SSSR count). The molecule has 0 saturated carbocycles. The number of aliphatic carboxylic acids is 1. The molecule has 1 atom stereocenters. The van der Waals surface area contributed by atoms with Crippen molar-refractivity contribution in [1.82, 2.24) is 4.90 Å². The molecule has 124 valence electrons. The second kappa shape index (κ2) is 7.26. The van der Waals surface area contributed by atoms with E-state index >= 15 is 0 Å². The Kier molecular flexibility index (Phi) is 5.36. The molecule has 6 heteroatoms. The van der Waals surface area contributed by atoms with E-state index in [-0.39, 0.29) is 24.3 Å². The van der Waals surface area contributed by atoms with Crippen LogP contribution in [0.2, 0.25) is 0 Å². The molecule has 1 aliphatic rings. The van der Waals surface area contributed by atoms with Crippen molar-refractivity contribution in [2.24, 2.45) is 11.8 Å². The Morgan fingerprint density at radius 2 is 2.04 bits per heavy atom. The van der Waals surface area contributed by atoms with Crippen molar-refractivity contribution in [3.8, 4) is 0 Å². The van der Waals surface area contributed by atoms with Crippen molar-refractivity contribution < 1.29 is 19.5 Å². The van der Waals surface area contributed by atoms with Gasteiger partial charge in [0.1, 0.15) is 0 Å². The molecule has 1 aliphatic heterocycles. The van der Waals surface area contributed by atoms with Crippen LogP contribution in [0, 0.1) is 11.8 Å². The fraction of sp³-hybridized carbons (Fsp3) is 0.471. The summed E-state index contributed by atoms with van der Waals surface area (Å²) in [6, 6.07) is 6.75. The number of likely N-dealkylation sites (tertiary alicyclic amines) is 1. The molecule has 1 saturated heterocycles. The molecule has 0 unspecified atom stereocenters. The van der Waals surface area contributed by atoms with Crippen molar-refractivity contribution in [3.63, 3.8) is 0 Å². The van der Waals surface area contributed by atoms with Gasteiger partial charge >= 0.3 is 5.97 Å². The van der Waals surface area contributed by atoms with Gasteiger partial charge in [-0.3, -0.25) is 14.4 Å². The maximum atomic E-state index is 12.6. The van der Waals surface area contributed by atoms with Gasteiger partial charge in [0.2, 0.25) is 5.91 Å². The third-order valence-electron chi connectivity index (χ3n) is 3.96. The molecular weight excluding hydrogens is 296 g/mol. The average Bonchev–Trinajstić information content (AvgIpc) is 2.54. The van der Waals surface area contributed by atoms with Crippen LogP contribution >= 0.6 is 0 Å². The van der Waals surface area contributed by atoms with E-state index in [1.807, 2.05) is 0 Å². The predicted octanol–water partition coefficient (Wildman–Crippen LogP) is 2.22. The summed E-state index contributed by atoms with van der Waals surface area (Å²) in [4.78, 5) is 37.0. The van der Waals surface area contributed by atoms with E-state index < -0.39 is 11.9 Å². The van der Waals surface area contributed by atoms with Crippen LogP contribution in [-0.2, 0) is 9.59 Å². The third kappa shape index (κ3) is 4.31. The first-order valence-electron chi connectivity index (χ1n) is 7.81. The number of carbonyl (C=O) groups is 3. The van der Waals surface area contributed by atoms with Gasteiger partial charge in [0, 0.05) is 30.3 Å². The molecule has 0 spiro atoms. The van der Waals surface area contributed by atoms with Gasteiger partial charge in [-0.1, -0.05) is 19.9 Å². The molecular formula is C17H22N2O4. The quantitative estimate of drug-likeness (QED) is 0.891. The van der Waals surface area contributed by atoms with Crippen LogP contribution in [0.1, 0.15) is 37.0 Å². The highest BCUT2D eigenvalue weighted by Crippen LogP contribution is 2.20. The van der Waals surface area contributed by atoms with E-state index in [1.54, 1.807) is 43.0 Å². The van der Waals surface area contributed by atoms with Crippen LogP contribution in [0.15, 0.2) is 24.3 Å². The van der Waals surface area contributed by atoms with Crippen molar-refractivity contribution in [2.75, 3.05) is 18.4 Å². The molecule has 1 aromatic rings. The lowest BCUT2D eigenvalue weighted by molar-refractivity contribution is -0.143. The highest BCUT2D eigenvalue weighted by atomic mass is 16.4. The van der Waals surface area contributed by atoms with E-state index in [2.05, 4.69) is 5.32 Å². The number of piperidine rings is 1. The normalized spacial score (nSPS) is 17.9. The number of nitrogens with one attached hydrogen (secondary N) is 1. The van der Waals surface area contributed by atoms with Crippen molar-refractivity contribution in [2.45, 2.75) is 26.7 Å². The predicted molar refractivity (Wildman–Crippen MR) is 86.2 cm³/mol. The van der Waals surface area contributed by atoms with Gasteiger partial charge in [-0.05, 0) is 31.0 Å². The zero-order chi connectivity index (χ0) is 17.0. The molecule has 2 amide bonds. The number of carboxylic acids is 1. The Morgan fingerprint density at radius 3 is 2.70 bits per heavy atom. The van der Waals surface area contributed by atoms with E-state index in [9.17, 15) is 14.4 Å². The topological polar surface area (TPSA) is 86.7 Å². The smallest absolute Gasteiger partial charge is 0.308 e. The third-order valence-corrected chi connectivity index (χ3v) is 3.96. The van der Waals surface area contributed by atoms with Gasteiger partial charge in [-0.25, -0.2) is 0 Å².